The molecule has 3 N–H and O–H groups in total. The van der Waals surface area contributed by atoms with Crippen molar-refractivity contribution in [1.29, 1.82) is 5.41 Å². The summed E-state index contributed by atoms with van der Waals surface area (Å²) in [5.41, 5.74) is 8.49. The number of hydrogen-bond donors (Lipinski definition) is 2. The maximum Gasteiger partial charge on any atom is 0.338 e. The molecule has 2 amide bonds. The Bertz CT molecular complexity index is 1070. The largest absolute Gasteiger partial charge is 0.469 e. The van der Waals surface area contributed by atoms with Crippen LogP contribution in [0.2, 0.25) is 0 Å². The van der Waals surface area contributed by atoms with Crippen LogP contribution in [0.15, 0.2) is 42.5 Å². The van der Waals surface area contributed by atoms with Crippen molar-refractivity contribution in [1.82, 2.24) is 0 Å². The van der Waals surface area contributed by atoms with Gasteiger partial charge in [-0.2, -0.15) is 0 Å². The van der Waals surface area contributed by atoms with Crippen LogP contribution in [0, 0.1) is 5.41 Å². The van der Waals surface area contributed by atoms with Crippen LogP contribution in [0.1, 0.15) is 41.8 Å². The Morgan fingerprint density at radius 1 is 1.09 bits per heavy atom. The van der Waals surface area contributed by atoms with E-state index < -0.39 is 5.97 Å². The summed E-state index contributed by atoms with van der Waals surface area (Å²) in [6.45, 7) is 4.36. The number of nitrogens with zero attached hydrogens (tertiary/aromatic N) is 2. The maximum absolute atomic E-state index is 13.2. The molecule has 3 rings (SSSR count). The Labute approximate surface area is 192 Å². The number of anilines is 2. The number of methoxy groups -OCH3 is 1. The molecule has 0 spiro atoms. The lowest BCUT2D eigenvalue weighted by atomic mass is 10.1. The van der Waals surface area contributed by atoms with Crippen molar-refractivity contribution >= 4 is 35.2 Å². The highest BCUT2D eigenvalue weighted by molar-refractivity contribution is 6.11. The molecule has 1 heterocycles. The fourth-order valence-corrected chi connectivity index (χ4v) is 3.59. The zero-order valence-electron chi connectivity index (χ0n) is 19.0. The number of benzene rings is 2. The van der Waals surface area contributed by atoms with Crippen LogP contribution in [0.25, 0.3) is 0 Å². The van der Waals surface area contributed by atoms with Gasteiger partial charge in [0, 0.05) is 30.8 Å². The molecule has 1 fully saturated rings. The highest BCUT2D eigenvalue weighted by Gasteiger charge is 2.32. The summed E-state index contributed by atoms with van der Waals surface area (Å²) in [6, 6.07) is 11.8. The van der Waals surface area contributed by atoms with E-state index in [0.29, 0.717) is 37.2 Å². The number of esters is 2. The van der Waals surface area contributed by atoms with Crippen molar-refractivity contribution < 1.29 is 23.9 Å². The van der Waals surface area contributed by atoms with E-state index in [1.807, 2.05) is 24.3 Å². The van der Waals surface area contributed by atoms with E-state index in [-0.39, 0.29) is 29.5 Å². The maximum atomic E-state index is 13.2. The zero-order valence-corrected chi connectivity index (χ0v) is 19.0. The number of carbonyl (C=O) groups excluding carboxylic acids is 3. The number of aryl methyl sites for hydroxylation is 1. The molecule has 0 saturated carbocycles. The molecule has 33 heavy (non-hydrogen) atoms. The van der Waals surface area contributed by atoms with Gasteiger partial charge in [-0.1, -0.05) is 12.1 Å². The van der Waals surface area contributed by atoms with E-state index in [0.717, 1.165) is 11.3 Å². The van der Waals surface area contributed by atoms with E-state index in [1.54, 1.807) is 35.8 Å². The number of nitrogen functional groups attached to an aromatic ring is 1. The molecule has 9 heteroatoms. The second-order valence-corrected chi connectivity index (χ2v) is 7.93. The lowest BCUT2D eigenvalue weighted by Gasteiger charge is -2.21. The molecule has 1 aliphatic rings. The zero-order chi connectivity index (χ0) is 24.1. The molecule has 0 atom stereocenters. The lowest BCUT2D eigenvalue weighted by Crippen LogP contribution is -2.33. The first kappa shape index (κ1) is 23.8. The third-order valence-corrected chi connectivity index (χ3v) is 5.26. The second kappa shape index (κ2) is 10.2. The third-order valence-electron chi connectivity index (χ3n) is 5.26. The highest BCUT2D eigenvalue weighted by Crippen LogP contribution is 2.29. The molecule has 174 valence electrons. The van der Waals surface area contributed by atoms with Gasteiger partial charge < -0.3 is 15.2 Å². The average molecular weight is 453 g/mol. The van der Waals surface area contributed by atoms with Crippen LogP contribution >= 0.6 is 0 Å². The Morgan fingerprint density at radius 3 is 2.36 bits per heavy atom. The standard InChI is InChI=1S/C24H28N4O5/c1-15(2)33-23(30)17-7-10-20(19(14-17)22(25)26)28-13-12-27(24(28)31)18-8-4-16(5-9-18)6-11-21(29)32-3/h4-5,7-10,14-15H,6,11-13H2,1-3H3,(H3,25,26). The van der Waals surface area contributed by atoms with Crippen LogP contribution in [-0.2, 0) is 20.7 Å². The van der Waals surface area contributed by atoms with Gasteiger partial charge in [0.1, 0.15) is 5.84 Å². The molecular weight excluding hydrogens is 424 g/mol. The fourth-order valence-electron chi connectivity index (χ4n) is 3.59. The summed E-state index contributed by atoms with van der Waals surface area (Å²) in [5, 5.41) is 7.95. The van der Waals surface area contributed by atoms with Crippen molar-refractivity contribution in [2.24, 2.45) is 5.73 Å². The van der Waals surface area contributed by atoms with Gasteiger partial charge in [-0.3, -0.25) is 20.0 Å². The fraction of sp³-hybridized carbons (Fsp3) is 0.333. The first-order valence-electron chi connectivity index (χ1n) is 10.7. The predicted molar refractivity (Wildman–Crippen MR) is 125 cm³/mol. The molecule has 0 bridgehead atoms. The van der Waals surface area contributed by atoms with Crippen molar-refractivity contribution in [3.05, 3.63) is 59.2 Å². The number of rotatable bonds is 8. The van der Waals surface area contributed by atoms with Gasteiger partial charge in [-0.15, -0.1) is 0 Å². The van der Waals surface area contributed by atoms with E-state index in [2.05, 4.69) is 4.74 Å². The first-order valence-corrected chi connectivity index (χ1v) is 10.7. The van der Waals surface area contributed by atoms with Gasteiger partial charge in [-0.05, 0) is 56.2 Å². The number of hydrogen-bond acceptors (Lipinski definition) is 6. The van der Waals surface area contributed by atoms with Crippen LogP contribution in [0.3, 0.4) is 0 Å². The van der Waals surface area contributed by atoms with Gasteiger partial charge in [0.25, 0.3) is 0 Å². The van der Waals surface area contributed by atoms with Crippen molar-refractivity contribution in [3.8, 4) is 0 Å². The number of amidine groups is 1. The molecule has 1 aliphatic heterocycles. The summed E-state index contributed by atoms with van der Waals surface area (Å²) in [7, 11) is 1.36. The molecule has 1 saturated heterocycles. The smallest absolute Gasteiger partial charge is 0.338 e. The molecule has 0 unspecified atom stereocenters. The first-order chi connectivity index (χ1) is 15.7. The van der Waals surface area contributed by atoms with Crippen molar-refractivity contribution in [2.75, 3.05) is 30.0 Å². The summed E-state index contributed by atoms with van der Waals surface area (Å²) >= 11 is 0. The molecular formula is C24H28N4O5. The molecule has 9 nitrogen and oxygen atoms in total. The van der Waals surface area contributed by atoms with Gasteiger partial charge in [0.2, 0.25) is 0 Å². The number of nitrogens with two attached hydrogens (primary N) is 1. The summed E-state index contributed by atoms with van der Waals surface area (Å²) < 4.78 is 9.88. The number of amides is 2. The van der Waals surface area contributed by atoms with E-state index >= 15 is 0 Å². The topological polar surface area (TPSA) is 126 Å². The van der Waals surface area contributed by atoms with Gasteiger partial charge in [0.15, 0.2) is 0 Å². The Balaban J connectivity index is 1.78. The van der Waals surface area contributed by atoms with Crippen molar-refractivity contribution in [3.63, 3.8) is 0 Å². The highest BCUT2D eigenvalue weighted by atomic mass is 16.5. The molecule has 0 aliphatic carbocycles. The number of urea groups is 1. The van der Waals surface area contributed by atoms with E-state index in [4.69, 9.17) is 15.9 Å². The molecule has 0 aromatic heterocycles. The lowest BCUT2D eigenvalue weighted by molar-refractivity contribution is -0.140. The number of carbonyl (C=O) groups is 3. The quantitative estimate of drug-likeness (QED) is 0.360. The SMILES string of the molecule is COC(=O)CCc1ccc(N2CCN(c3ccc(C(=O)OC(C)C)cc3C(=N)N)C2=O)cc1. The average Bonchev–Trinajstić information content (AvgIpc) is 3.17. The number of nitrogens with one attached hydrogen (secondary N) is 1. The van der Waals surface area contributed by atoms with Crippen LogP contribution in [0.4, 0.5) is 16.2 Å². The van der Waals surface area contributed by atoms with Crippen LogP contribution < -0.4 is 15.5 Å². The summed E-state index contributed by atoms with van der Waals surface area (Å²) in [4.78, 5) is 39.9. The van der Waals surface area contributed by atoms with Crippen molar-refractivity contribution in [2.45, 2.75) is 32.8 Å². The molecule has 2 aromatic carbocycles. The minimum atomic E-state index is -0.513. The molecule has 2 aromatic rings. The second-order valence-electron chi connectivity index (χ2n) is 7.93. The predicted octanol–water partition coefficient (Wildman–Crippen LogP) is 3.09. The Morgan fingerprint density at radius 2 is 1.76 bits per heavy atom. The van der Waals surface area contributed by atoms with E-state index in [1.165, 1.54) is 13.2 Å². The van der Waals surface area contributed by atoms with Gasteiger partial charge in [0.05, 0.1) is 24.5 Å². The monoisotopic (exact) mass is 452 g/mol. The van der Waals surface area contributed by atoms with Crippen LogP contribution in [-0.4, -0.2) is 50.1 Å². The number of ether oxygens (including phenoxy) is 2. The molecule has 0 radical (unpaired) electrons. The van der Waals surface area contributed by atoms with Crippen LogP contribution in [0.5, 0.6) is 0 Å². The normalized spacial score (nSPS) is 13.4. The minimum Gasteiger partial charge on any atom is -0.469 e. The minimum absolute atomic E-state index is 0.245. The Kier molecular flexibility index (Phi) is 7.32. The summed E-state index contributed by atoms with van der Waals surface area (Å²) in [6.07, 6.45) is 0.569. The van der Waals surface area contributed by atoms with Gasteiger partial charge in [-0.25, -0.2) is 9.59 Å². The third kappa shape index (κ3) is 5.49. The van der Waals surface area contributed by atoms with Gasteiger partial charge >= 0.3 is 18.0 Å². The Hall–Kier alpha value is -3.88. The van der Waals surface area contributed by atoms with E-state index in [9.17, 15) is 14.4 Å². The summed E-state index contributed by atoms with van der Waals surface area (Å²) in [5.74, 6) is -1.03.